The Bertz CT molecular complexity index is 231. The fourth-order valence-electron chi connectivity index (χ4n) is 1.36. The number of hydrogen-bond donors (Lipinski definition) is 1. The van der Waals surface area contributed by atoms with Crippen LogP contribution in [0.15, 0.2) is 22.8 Å². The third kappa shape index (κ3) is 3.94. The molecule has 0 saturated heterocycles. The lowest BCUT2D eigenvalue weighted by Crippen LogP contribution is -2.28. The van der Waals surface area contributed by atoms with Crippen molar-refractivity contribution < 1.29 is 4.42 Å². The van der Waals surface area contributed by atoms with Crippen LogP contribution < -0.4 is 5.73 Å². The van der Waals surface area contributed by atoms with E-state index in [1.807, 2.05) is 19.1 Å². The molecule has 0 aliphatic heterocycles. The number of nitrogens with two attached hydrogens (primary N) is 1. The van der Waals surface area contributed by atoms with E-state index in [4.69, 9.17) is 10.2 Å². The monoisotopic (exact) mass is 196 g/mol. The van der Waals surface area contributed by atoms with Gasteiger partial charge in [-0.2, -0.15) is 0 Å². The topological polar surface area (TPSA) is 42.4 Å². The molecule has 3 heteroatoms. The van der Waals surface area contributed by atoms with Gasteiger partial charge in [-0.05, 0) is 32.0 Å². The van der Waals surface area contributed by atoms with E-state index in [0.717, 1.165) is 31.8 Å². The van der Waals surface area contributed by atoms with Gasteiger partial charge >= 0.3 is 0 Å². The van der Waals surface area contributed by atoms with Crippen LogP contribution >= 0.6 is 0 Å². The Morgan fingerprint density at radius 1 is 1.57 bits per heavy atom. The van der Waals surface area contributed by atoms with Gasteiger partial charge in [-0.3, -0.25) is 4.90 Å². The summed E-state index contributed by atoms with van der Waals surface area (Å²) in [6.45, 7) is 7.16. The molecular formula is C11H20N2O. The lowest BCUT2D eigenvalue weighted by molar-refractivity contribution is 0.248. The highest BCUT2D eigenvalue weighted by molar-refractivity contribution is 4.97. The van der Waals surface area contributed by atoms with Crippen molar-refractivity contribution in [1.82, 2.24) is 4.90 Å². The molecule has 80 valence electrons. The summed E-state index contributed by atoms with van der Waals surface area (Å²) in [6, 6.07) is 4.21. The Morgan fingerprint density at radius 3 is 2.86 bits per heavy atom. The Kier molecular flexibility index (Phi) is 4.70. The second-order valence-corrected chi connectivity index (χ2v) is 3.71. The van der Waals surface area contributed by atoms with E-state index >= 15 is 0 Å². The van der Waals surface area contributed by atoms with Crippen molar-refractivity contribution in [3.63, 3.8) is 0 Å². The molecule has 0 spiro atoms. The number of furan rings is 1. The lowest BCUT2D eigenvalue weighted by Gasteiger charge is -2.19. The summed E-state index contributed by atoms with van der Waals surface area (Å²) in [4.78, 5) is 2.34. The maximum Gasteiger partial charge on any atom is 0.117 e. The van der Waals surface area contributed by atoms with E-state index in [-0.39, 0.29) is 6.04 Å². The van der Waals surface area contributed by atoms with Crippen molar-refractivity contribution in [1.29, 1.82) is 0 Å². The van der Waals surface area contributed by atoms with E-state index in [9.17, 15) is 0 Å². The van der Waals surface area contributed by atoms with E-state index in [1.54, 1.807) is 6.26 Å². The first-order valence-electron chi connectivity index (χ1n) is 5.22. The summed E-state index contributed by atoms with van der Waals surface area (Å²) >= 11 is 0. The molecule has 1 aromatic heterocycles. The molecule has 1 unspecified atom stereocenters. The third-order valence-electron chi connectivity index (χ3n) is 2.31. The quantitative estimate of drug-likeness (QED) is 0.755. The molecule has 1 atom stereocenters. The zero-order chi connectivity index (χ0) is 10.4. The summed E-state index contributed by atoms with van der Waals surface area (Å²) in [6.07, 6.45) is 2.75. The van der Waals surface area contributed by atoms with Crippen LogP contribution in [0.25, 0.3) is 0 Å². The molecule has 2 N–H and O–H groups in total. The molecule has 1 rings (SSSR count). The maximum atomic E-state index is 5.72. The van der Waals surface area contributed by atoms with Gasteiger partial charge in [-0.1, -0.05) is 6.92 Å². The molecule has 0 aromatic carbocycles. The fourth-order valence-corrected chi connectivity index (χ4v) is 1.36. The van der Waals surface area contributed by atoms with Crippen molar-refractivity contribution in [2.45, 2.75) is 32.9 Å². The van der Waals surface area contributed by atoms with Gasteiger partial charge in [-0.15, -0.1) is 0 Å². The Balaban J connectivity index is 2.32. The van der Waals surface area contributed by atoms with Gasteiger partial charge in [0.25, 0.3) is 0 Å². The first kappa shape index (κ1) is 11.3. The zero-order valence-corrected chi connectivity index (χ0v) is 9.07. The summed E-state index contributed by atoms with van der Waals surface area (Å²) < 4.78 is 5.30. The van der Waals surface area contributed by atoms with Crippen molar-refractivity contribution in [2.24, 2.45) is 5.73 Å². The predicted molar refractivity (Wildman–Crippen MR) is 57.9 cm³/mol. The van der Waals surface area contributed by atoms with Gasteiger partial charge in [0.1, 0.15) is 5.76 Å². The molecule has 0 aliphatic rings. The van der Waals surface area contributed by atoms with Crippen molar-refractivity contribution in [3.05, 3.63) is 24.2 Å². The first-order valence-corrected chi connectivity index (χ1v) is 5.22. The van der Waals surface area contributed by atoms with Crippen LogP contribution in [0.4, 0.5) is 0 Å². The van der Waals surface area contributed by atoms with E-state index in [0.29, 0.717) is 0 Å². The summed E-state index contributed by atoms with van der Waals surface area (Å²) in [7, 11) is 0. The van der Waals surface area contributed by atoms with Crippen molar-refractivity contribution in [3.8, 4) is 0 Å². The van der Waals surface area contributed by atoms with Crippen LogP contribution in [0.3, 0.4) is 0 Å². The van der Waals surface area contributed by atoms with Gasteiger partial charge in [0.05, 0.1) is 12.8 Å². The SMILES string of the molecule is CCN(CCC(C)N)Cc1ccco1. The van der Waals surface area contributed by atoms with Crippen LogP contribution in [0.2, 0.25) is 0 Å². The fraction of sp³-hybridized carbons (Fsp3) is 0.636. The lowest BCUT2D eigenvalue weighted by atomic mass is 10.2. The Hall–Kier alpha value is -0.800. The standard InChI is InChI=1S/C11H20N2O/c1-3-13(7-6-10(2)12)9-11-5-4-8-14-11/h4-5,8,10H,3,6-7,9,12H2,1-2H3. The number of rotatable bonds is 6. The molecule has 0 bridgehead atoms. The smallest absolute Gasteiger partial charge is 0.117 e. The van der Waals surface area contributed by atoms with Crippen molar-refractivity contribution in [2.75, 3.05) is 13.1 Å². The predicted octanol–water partition coefficient (Wildman–Crippen LogP) is 1.84. The minimum absolute atomic E-state index is 0.278. The van der Waals surface area contributed by atoms with Crippen LogP contribution in [-0.4, -0.2) is 24.0 Å². The number of hydrogen-bond acceptors (Lipinski definition) is 3. The highest BCUT2D eigenvalue weighted by Crippen LogP contribution is 2.05. The molecule has 0 radical (unpaired) electrons. The van der Waals surface area contributed by atoms with Gasteiger partial charge < -0.3 is 10.2 Å². The zero-order valence-electron chi connectivity index (χ0n) is 9.07. The van der Waals surface area contributed by atoms with E-state index in [2.05, 4.69) is 11.8 Å². The summed E-state index contributed by atoms with van der Waals surface area (Å²) in [5.74, 6) is 1.02. The van der Waals surface area contributed by atoms with Gasteiger partial charge in [0.2, 0.25) is 0 Å². The summed E-state index contributed by atoms with van der Waals surface area (Å²) in [5, 5.41) is 0. The summed E-state index contributed by atoms with van der Waals surface area (Å²) in [5.41, 5.74) is 5.72. The molecule has 0 amide bonds. The van der Waals surface area contributed by atoms with E-state index in [1.165, 1.54) is 0 Å². The van der Waals surface area contributed by atoms with Crippen LogP contribution in [-0.2, 0) is 6.54 Å². The van der Waals surface area contributed by atoms with Gasteiger partial charge in [0.15, 0.2) is 0 Å². The van der Waals surface area contributed by atoms with Gasteiger partial charge in [0, 0.05) is 12.6 Å². The van der Waals surface area contributed by atoms with Crippen LogP contribution in [0.1, 0.15) is 26.0 Å². The van der Waals surface area contributed by atoms with Gasteiger partial charge in [-0.25, -0.2) is 0 Å². The maximum absolute atomic E-state index is 5.72. The van der Waals surface area contributed by atoms with Crippen LogP contribution in [0, 0.1) is 0 Å². The molecule has 0 aliphatic carbocycles. The van der Waals surface area contributed by atoms with Crippen LogP contribution in [0.5, 0.6) is 0 Å². The third-order valence-corrected chi connectivity index (χ3v) is 2.31. The Morgan fingerprint density at radius 2 is 2.36 bits per heavy atom. The highest BCUT2D eigenvalue weighted by Gasteiger charge is 2.06. The molecule has 1 heterocycles. The largest absolute Gasteiger partial charge is 0.468 e. The molecular weight excluding hydrogens is 176 g/mol. The normalized spacial score (nSPS) is 13.4. The highest BCUT2D eigenvalue weighted by atomic mass is 16.3. The molecule has 1 aromatic rings. The average molecular weight is 196 g/mol. The minimum Gasteiger partial charge on any atom is -0.468 e. The first-order chi connectivity index (χ1) is 6.72. The molecule has 0 fully saturated rings. The minimum atomic E-state index is 0.278. The Labute approximate surface area is 85.9 Å². The number of nitrogens with zero attached hydrogens (tertiary/aromatic N) is 1. The molecule has 0 saturated carbocycles. The van der Waals surface area contributed by atoms with E-state index < -0.39 is 0 Å². The van der Waals surface area contributed by atoms with Crippen molar-refractivity contribution >= 4 is 0 Å². The second kappa shape index (κ2) is 5.83. The average Bonchev–Trinajstić information content (AvgIpc) is 2.64. The second-order valence-electron chi connectivity index (χ2n) is 3.71. The molecule has 3 nitrogen and oxygen atoms in total. The molecule has 14 heavy (non-hydrogen) atoms.